The van der Waals surface area contributed by atoms with Crippen molar-refractivity contribution < 1.29 is 14.4 Å². The molecular formula is C23H28N2O3. The molecule has 0 aromatic heterocycles. The third-order valence-electron chi connectivity index (χ3n) is 5.36. The second-order valence-electron chi connectivity index (χ2n) is 7.27. The van der Waals surface area contributed by atoms with Gasteiger partial charge in [-0.3, -0.25) is 4.79 Å². The summed E-state index contributed by atoms with van der Waals surface area (Å²) in [7, 11) is 1.63. The number of carbonyl (C=O) groups is 1. The van der Waals surface area contributed by atoms with Crippen LogP contribution in [0.15, 0.2) is 53.7 Å². The number of hydrogen-bond donors (Lipinski definition) is 1. The fourth-order valence-electron chi connectivity index (χ4n) is 3.21. The quantitative estimate of drug-likeness (QED) is 0.765. The van der Waals surface area contributed by atoms with E-state index >= 15 is 0 Å². The number of methoxy groups -OCH3 is 1. The number of ether oxygens (including phenoxy) is 1. The molecule has 148 valence electrons. The van der Waals surface area contributed by atoms with Gasteiger partial charge in [-0.15, -0.1) is 0 Å². The van der Waals surface area contributed by atoms with Crippen molar-refractivity contribution >= 4 is 11.6 Å². The summed E-state index contributed by atoms with van der Waals surface area (Å²) in [6, 6.07) is 15.9. The monoisotopic (exact) mass is 380 g/mol. The van der Waals surface area contributed by atoms with Gasteiger partial charge < -0.3 is 14.9 Å². The Labute approximate surface area is 166 Å². The Morgan fingerprint density at radius 2 is 1.79 bits per heavy atom. The normalized spacial score (nSPS) is 18.0. The molecule has 2 aromatic carbocycles. The van der Waals surface area contributed by atoms with Crippen molar-refractivity contribution in [3.05, 3.63) is 65.2 Å². The highest BCUT2D eigenvalue weighted by Gasteiger charge is 2.29. The maximum absolute atomic E-state index is 12.6. The molecule has 3 rings (SSSR count). The van der Waals surface area contributed by atoms with Crippen LogP contribution in [0.5, 0.6) is 5.75 Å². The smallest absolute Gasteiger partial charge is 0.264 e. The summed E-state index contributed by atoms with van der Waals surface area (Å²) >= 11 is 0. The first kappa shape index (κ1) is 19.9. The highest BCUT2D eigenvalue weighted by molar-refractivity contribution is 6.04. The molecule has 0 saturated heterocycles. The van der Waals surface area contributed by atoms with Crippen molar-refractivity contribution in [2.75, 3.05) is 7.11 Å². The van der Waals surface area contributed by atoms with Gasteiger partial charge in [0.25, 0.3) is 5.91 Å². The SMILES string of the molecule is CCC(C)c1ccc(C(C)NC(=O)C2CC(c3ccc(OC)cc3)=NO2)cc1. The lowest BCUT2D eigenvalue weighted by Gasteiger charge is -2.17. The van der Waals surface area contributed by atoms with E-state index in [1.165, 1.54) is 5.56 Å². The number of rotatable bonds is 7. The number of benzene rings is 2. The molecule has 2 aromatic rings. The zero-order valence-corrected chi connectivity index (χ0v) is 16.9. The second-order valence-corrected chi connectivity index (χ2v) is 7.27. The first-order valence-corrected chi connectivity index (χ1v) is 9.79. The van der Waals surface area contributed by atoms with E-state index in [0.29, 0.717) is 12.3 Å². The standard InChI is InChI=1S/C23H28N2O3/c1-5-15(2)17-6-8-18(9-7-17)16(3)24-23(26)22-14-21(25-28-22)19-10-12-20(27-4)13-11-19/h6-13,15-16,22H,5,14H2,1-4H3,(H,24,26). The van der Waals surface area contributed by atoms with Gasteiger partial charge in [0.15, 0.2) is 0 Å². The van der Waals surface area contributed by atoms with Crippen LogP contribution < -0.4 is 10.1 Å². The predicted molar refractivity (Wildman–Crippen MR) is 111 cm³/mol. The van der Waals surface area contributed by atoms with Gasteiger partial charge in [-0.25, -0.2) is 0 Å². The van der Waals surface area contributed by atoms with E-state index in [4.69, 9.17) is 9.57 Å². The van der Waals surface area contributed by atoms with E-state index in [-0.39, 0.29) is 11.9 Å². The van der Waals surface area contributed by atoms with Gasteiger partial charge in [-0.2, -0.15) is 0 Å². The Balaban J connectivity index is 1.56. The van der Waals surface area contributed by atoms with Crippen molar-refractivity contribution in [2.24, 2.45) is 5.16 Å². The van der Waals surface area contributed by atoms with Crippen LogP contribution >= 0.6 is 0 Å². The number of hydrogen-bond acceptors (Lipinski definition) is 4. The average molecular weight is 380 g/mol. The molecule has 0 spiro atoms. The third-order valence-corrected chi connectivity index (χ3v) is 5.36. The molecule has 0 saturated carbocycles. The third kappa shape index (κ3) is 4.53. The molecule has 3 atom stereocenters. The van der Waals surface area contributed by atoms with Crippen LogP contribution in [0.25, 0.3) is 0 Å². The predicted octanol–water partition coefficient (Wildman–Crippen LogP) is 4.58. The van der Waals surface area contributed by atoms with E-state index in [9.17, 15) is 4.79 Å². The number of carbonyl (C=O) groups excluding carboxylic acids is 1. The highest BCUT2D eigenvalue weighted by Crippen LogP contribution is 2.23. The second kappa shape index (κ2) is 8.91. The lowest BCUT2D eigenvalue weighted by molar-refractivity contribution is -0.131. The minimum atomic E-state index is -0.598. The Morgan fingerprint density at radius 3 is 2.39 bits per heavy atom. The van der Waals surface area contributed by atoms with Crippen LogP contribution in [0.1, 0.15) is 62.3 Å². The maximum atomic E-state index is 12.6. The van der Waals surface area contributed by atoms with Gasteiger partial charge in [-0.05, 0) is 60.2 Å². The van der Waals surface area contributed by atoms with Crippen molar-refractivity contribution in [2.45, 2.75) is 51.7 Å². The van der Waals surface area contributed by atoms with Gasteiger partial charge in [-0.1, -0.05) is 43.3 Å². The minimum absolute atomic E-state index is 0.0906. The highest BCUT2D eigenvalue weighted by atomic mass is 16.6. The summed E-state index contributed by atoms with van der Waals surface area (Å²) in [5.74, 6) is 1.18. The molecule has 3 unspecified atom stereocenters. The molecule has 0 bridgehead atoms. The maximum Gasteiger partial charge on any atom is 0.264 e. The molecule has 5 heteroatoms. The summed E-state index contributed by atoms with van der Waals surface area (Å²) in [5, 5.41) is 7.13. The van der Waals surface area contributed by atoms with Crippen LogP contribution in [0, 0.1) is 0 Å². The van der Waals surface area contributed by atoms with E-state index in [0.717, 1.165) is 29.0 Å². The summed E-state index contributed by atoms with van der Waals surface area (Å²) in [6.07, 6.45) is 0.970. The molecule has 0 radical (unpaired) electrons. The van der Waals surface area contributed by atoms with Crippen LogP contribution in [0.4, 0.5) is 0 Å². The Kier molecular flexibility index (Phi) is 6.34. The van der Waals surface area contributed by atoms with Crippen LogP contribution in [-0.2, 0) is 9.63 Å². The van der Waals surface area contributed by atoms with Crippen molar-refractivity contribution in [3.63, 3.8) is 0 Å². The lowest BCUT2D eigenvalue weighted by Crippen LogP contribution is -2.36. The molecule has 5 nitrogen and oxygen atoms in total. The fraction of sp³-hybridized carbons (Fsp3) is 0.391. The van der Waals surface area contributed by atoms with Crippen molar-refractivity contribution in [3.8, 4) is 5.75 Å². The minimum Gasteiger partial charge on any atom is -0.497 e. The van der Waals surface area contributed by atoms with Gasteiger partial charge in [0.2, 0.25) is 6.10 Å². The molecule has 1 heterocycles. The van der Waals surface area contributed by atoms with Gasteiger partial charge in [0.05, 0.1) is 18.9 Å². The van der Waals surface area contributed by atoms with Gasteiger partial charge >= 0.3 is 0 Å². The molecule has 1 aliphatic heterocycles. The largest absolute Gasteiger partial charge is 0.497 e. The fourth-order valence-corrected chi connectivity index (χ4v) is 3.21. The first-order chi connectivity index (χ1) is 13.5. The Bertz CT molecular complexity index is 828. The molecule has 28 heavy (non-hydrogen) atoms. The molecule has 1 aliphatic rings. The van der Waals surface area contributed by atoms with E-state index in [2.05, 4.69) is 48.6 Å². The lowest BCUT2D eigenvalue weighted by atomic mass is 9.96. The summed E-state index contributed by atoms with van der Waals surface area (Å²) in [4.78, 5) is 18.0. The van der Waals surface area contributed by atoms with Crippen LogP contribution in [0.2, 0.25) is 0 Å². The number of oxime groups is 1. The first-order valence-electron chi connectivity index (χ1n) is 9.79. The number of nitrogens with zero attached hydrogens (tertiary/aromatic N) is 1. The Morgan fingerprint density at radius 1 is 1.14 bits per heavy atom. The molecule has 0 fully saturated rings. The van der Waals surface area contributed by atoms with Crippen molar-refractivity contribution in [1.82, 2.24) is 5.32 Å². The average Bonchev–Trinajstić information content (AvgIpc) is 3.23. The number of nitrogens with one attached hydrogen (secondary N) is 1. The topological polar surface area (TPSA) is 59.9 Å². The molecule has 0 aliphatic carbocycles. The molecule has 1 N–H and O–H groups in total. The van der Waals surface area contributed by atoms with Crippen molar-refractivity contribution in [1.29, 1.82) is 0 Å². The summed E-state index contributed by atoms with van der Waals surface area (Å²) in [5.41, 5.74) is 4.11. The van der Waals surface area contributed by atoms with E-state index in [1.54, 1.807) is 7.11 Å². The van der Waals surface area contributed by atoms with Crippen LogP contribution in [0.3, 0.4) is 0 Å². The summed E-state index contributed by atoms with van der Waals surface area (Å²) < 4.78 is 5.17. The molecular weight excluding hydrogens is 352 g/mol. The zero-order chi connectivity index (χ0) is 20.1. The van der Waals surface area contributed by atoms with Crippen LogP contribution in [-0.4, -0.2) is 24.8 Å². The summed E-state index contributed by atoms with van der Waals surface area (Å²) in [6.45, 7) is 6.39. The van der Waals surface area contributed by atoms with E-state index in [1.807, 2.05) is 31.2 Å². The van der Waals surface area contributed by atoms with E-state index < -0.39 is 6.10 Å². The zero-order valence-electron chi connectivity index (χ0n) is 16.9. The van der Waals surface area contributed by atoms with Gasteiger partial charge in [0, 0.05) is 6.42 Å². The Hall–Kier alpha value is -2.82. The van der Waals surface area contributed by atoms with Gasteiger partial charge in [0.1, 0.15) is 5.75 Å². The number of amides is 1. The molecule has 1 amide bonds.